The van der Waals surface area contributed by atoms with Crippen molar-refractivity contribution in [3.8, 4) is 0 Å². The fraction of sp³-hybridized carbons (Fsp3) is 0.800. The van der Waals surface area contributed by atoms with Crippen molar-refractivity contribution < 1.29 is 34.0 Å². The Hall–Kier alpha value is -1.44. The van der Waals surface area contributed by atoms with Crippen molar-refractivity contribution in [2.45, 2.75) is 83.6 Å². The van der Waals surface area contributed by atoms with Gasteiger partial charge in [-0.15, -0.1) is 0 Å². The zero-order valence-electron chi connectivity index (χ0n) is 16.4. The summed E-state index contributed by atoms with van der Waals surface area (Å²) in [5.74, 6) is -3.42. The quantitative estimate of drug-likeness (QED) is 0.564. The second-order valence-corrected chi connectivity index (χ2v) is 8.89. The van der Waals surface area contributed by atoms with Gasteiger partial charge in [-0.1, -0.05) is 27.7 Å². The summed E-state index contributed by atoms with van der Waals surface area (Å²) in [7, 11) is 0. The van der Waals surface area contributed by atoms with Crippen molar-refractivity contribution >= 4 is 11.9 Å². The second kappa shape index (κ2) is 5.55. The number of carbonyl (C=O) groups is 2. The van der Waals surface area contributed by atoms with Gasteiger partial charge in [0.2, 0.25) is 5.79 Å². The van der Waals surface area contributed by atoms with Crippen LogP contribution in [0.3, 0.4) is 0 Å². The number of hydrogen-bond acceptors (Lipinski definition) is 7. The Bertz CT molecular complexity index is 745. The van der Waals surface area contributed by atoms with Crippen LogP contribution in [0.1, 0.15) is 53.9 Å². The van der Waals surface area contributed by atoms with Crippen LogP contribution in [0.25, 0.3) is 0 Å². The number of fused-ring (bicyclic) bond motifs is 1. The third-order valence-corrected chi connectivity index (χ3v) is 7.66. The molecule has 2 N–H and O–H groups in total. The molecule has 0 aromatic heterocycles. The summed E-state index contributed by atoms with van der Waals surface area (Å²) >= 11 is 0. The van der Waals surface area contributed by atoms with Crippen LogP contribution in [0.4, 0.5) is 0 Å². The van der Waals surface area contributed by atoms with Gasteiger partial charge >= 0.3 is 11.9 Å². The Morgan fingerprint density at radius 2 is 2.11 bits per heavy atom. The Morgan fingerprint density at radius 3 is 2.74 bits per heavy atom. The molecule has 1 saturated heterocycles. The molecule has 27 heavy (non-hydrogen) atoms. The average Bonchev–Trinajstić information content (AvgIpc) is 3.23. The van der Waals surface area contributed by atoms with Gasteiger partial charge in [0.15, 0.2) is 0 Å². The van der Waals surface area contributed by atoms with Crippen LogP contribution in [0.2, 0.25) is 0 Å². The lowest BCUT2D eigenvalue weighted by Gasteiger charge is -2.55. The summed E-state index contributed by atoms with van der Waals surface area (Å²) in [6.07, 6.45) is -0.630. The van der Waals surface area contributed by atoms with Gasteiger partial charge in [-0.25, -0.2) is 4.79 Å². The highest BCUT2D eigenvalue weighted by molar-refractivity contribution is 5.93. The third-order valence-electron chi connectivity index (χ3n) is 7.66. The van der Waals surface area contributed by atoms with E-state index >= 15 is 0 Å². The first-order valence-electron chi connectivity index (χ1n) is 9.75. The first kappa shape index (κ1) is 18.9. The van der Waals surface area contributed by atoms with E-state index in [4.69, 9.17) is 14.2 Å². The molecule has 1 spiro atoms. The summed E-state index contributed by atoms with van der Waals surface area (Å²) in [6.45, 7) is 9.09. The Morgan fingerprint density at radius 1 is 1.44 bits per heavy atom. The van der Waals surface area contributed by atoms with E-state index in [1.165, 1.54) is 0 Å². The highest BCUT2D eigenvalue weighted by Crippen LogP contribution is 2.70. The third kappa shape index (κ3) is 2.19. The van der Waals surface area contributed by atoms with Gasteiger partial charge in [0.25, 0.3) is 0 Å². The number of ether oxygens (including phenoxy) is 3. The van der Waals surface area contributed by atoms with E-state index in [0.717, 1.165) is 0 Å². The number of epoxide rings is 1. The molecule has 2 saturated carbocycles. The van der Waals surface area contributed by atoms with Crippen LogP contribution in [0.15, 0.2) is 11.1 Å². The summed E-state index contributed by atoms with van der Waals surface area (Å²) in [6, 6.07) is 0. The smallest absolute Gasteiger partial charge is 0.336 e. The lowest BCUT2D eigenvalue weighted by Crippen LogP contribution is -2.66. The lowest BCUT2D eigenvalue weighted by molar-refractivity contribution is -0.232. The minimum Gasteiger partial charge on any atom is -0.457 e. The van der Waals surface area contributed by atoms with E-state index in [0.29, 0.717) is 18.4 Å². The van der Waals surface area contributed by atoms with Gasteiger partial charge in [-0.2, -0.15) is 0 Å². The highest BCUT2D eigenvalue weighted by atomic mass is 16.7. The van der Waals surface area contributed by atoms with Crippen molar-refractivity contribution in [3.05, 3.63) is 11.1 Å². The van der Waals surface area contributed by atoms with Crippen LogP contribution < -0.4 is 0 Å². The number of aliphatic hydroxyl groups is 2. The zero-order chi connectivity index (χ0) is 19.9. The van der Waals surface area contributed by atoms with Gasteiger partial charge in [-0.3, -0.25) is 4.79 Å². The van der Waals surface area contributed by atoms with Crippen LogP contribution in [-0.4, -0.2) is 51.9 Å². The molecule has 4 rings (SSSR count). The maximum absolute atomic E-state index is 12.7. The molecule has 8 atom stereocenters. The molecular formula is C20H28O7. The lowest BCUT2D eigenvalue weighted by atomic mass is 9.51. The molecule has 0 aromatic carbocycles. The predicted octanol–water partition coefficient (Wildman–Crippen LogP) is 1.45. The van der Waals surface area contributed by atoms with Gasteiger partial charge in [0.05, 0.1) is 23.7 Å². The van der Waals surface area contributed by atoms with E-state index in [2.05, 4.69) is 0 Å². The Balaban J connectivity index is 1.86. The van der Waals surface area contributed by atoms with E-state index < -0.39 is 40.9 Å². The first-order chi connectivity index (χ1) is 12.5. The number of hydrogen-bond donors (Lipinski definition) is 2. The van der Waals surface area contributed by atoms with Crippen molar-refractivity contribution in [2.75, 3.05) is 0 Å². The summed E-state index contributed by atoms with van der Waals surface area (Å²) in [4.78, 5) is 25.0. The van der Waals surface area contributed by atoms with Gasteiger partial charge in [-0.05, 0) is 19.3 Å². The molecule has 2 aliphatic heterocycles. The van der Waals surface area contributed by atoms with Crippen molar-refractivity contribution in [1.29, 1.82) is 0 Å². The molecular weight excluding hydrogens is 352 g/mol. The molecule has 7 nitrogen and oxygen atoms in total. The fourth-order valence-electron chi connectivity index (χ4n) is 5.40. The molecule has 4 aliphatic rings. The number of aliphatic hydroxyl groups excluding tert-OH is 1. The standard InChI is InChI=1S/C20H28O7/c1-6-9(2)16(22)25-15-14-10(3)17(23)27-20(14,24)8-19-13(26-19)7-12(21)11(4)18(15,19)5/h9,11-13,15,21,24H,6-8H2,1-5H3. The molecule has 0 amide bonds. The van der Waals surface area contributed by atoms with Crippen LogP contribution in [0.5, 0.6) is 0 Å². The second-order valence-electron chi connectivity index (χ2n) is 8.89. The molecule has 0 radical (unpaired) electrons. The molecule has 0 aromatic rings. The van der Waals surface area contributed by atoms with Gasteiger partial charge in [0, 0.05) is 23.8 Å². The maximum atomic E-state index is 12.7. The molecule has 150 valence electrons. The molecule has 8 unspecified atom stereocenters. The molecule has 7 heteroatoms. The minimum absolute atomic E-state index is 0.0913. The first-order valence-corrected chi connectivity index (χ1v) is 9.75. The van der Waals surface area contributed by atoms with E-state index in [1.54, 1.807) is 13.8 Å². The van der Waals surface area contributed by atoms with Crippen molar-refractivity contribution in [1.82, 2.24) is 0 Å². The van der Waals surface area contributed by atoms with E-state index in [9.17, 15) is 19.8 Å². The number of rotatable bonds is 3. The highest BCUT2D eigenvalue weighted by Gasteiger charge is 2.81. The normalized spacial score (nSPS) is 48.9. The monoisotopic (exact) mass is 380 g/mol. The fourth-order valence-corrected chi connectivity index (χ4v) is 5.40. The number of carbonyl (C=O) groups excluding carboxylic acids is 2. The van der Waals surface area contributed by atoms with Crippen LogP contribution >= 0.6 is 0 Å². The summed E-state index contributed by atoms with van der Waals surface area (Å²) in [5.41, 5.74) is -1.02. The largest absolute Gasteiger partial charge is 0.457 e. The van der Waals surface area contributed by atoms with Crippen LogP contribution in [-0.2, 0) is 23.8 Å². The predicted molar refractivity (Wildman–Crippen MR) is 93.2 cm³/mol. The summed E-state index contributed by atoms with van der Waals surface area (Å²) < 4.78 is 17.3. The summed E-state index contributed by atoms with van der Waals surface area (Å²) in [5, 5.41) is 21.8. The van der Waals surface area contributed by atoms with E-state index in [-0.39, 0.29) is 29.9 Å². The molecule has 3 fully saturated rings. The van der Waals surface area contributed by atoms with Crippen molar-refractivity contribution in [3.63, 3.8) is 0 Å². The van der Waals surface area contributed by atoms with Crippen LogP contribution in [0, 0.1) is 17.3 Å². The molecule has 0 bridgehead atoms. The molecule has 2 heterocycles. The van der Waals surface area contributed by atoms with Gasteiger partial charge < -0.3 is 24.4 Å². The SMILES string of the molecule is CCC(C)C(=O)OC1C2=C(C)C(=O)OC2(O)CC23OC2CC(O)C(C)C13C. The van der Waals surface area contributed by atoms with Gasteiger partial charge in [0.1, 0.15) is 11.7 Å². The van der Waals surface area contributed by atoms with E-state index in [1.807, 2.05) is 20.8 Å². The average molecular weight is 380 g/mol. The minimum atomic E-state index is -1.84. The number of esters is 2. The van der Waals surface area contributed by atoms with Crippen molar-refractivity contribution in [2.24, 2.45) is 17.3 Å². The molecule has 2 aliphatic carbocycles. The Kier molecular flexibility index (Phi) is 3.89. The maximum Gasteiger partial charge on any atom is 0.336 e. The Labute approximate surface area is 158 Å². The zero-order valence-corrected chi connectivity index (χ0v) is 16.4. The topological polar surface area (TPSA) is 106 Å².